The summed E-state index contributed by atoms with van der Waals surface area (Å²) in [6.45, 7) is 2.14. The van der Waals surface area contributed by atoms with E-state index in [1.54, 1.807) is 25.6 Å². The van der Waals surface area contributed by atoms with E-state index in [0.717, 1.165) is 28.4 Å². The fraction of sp³-hybridized carbons (Fsp3) is 0.333. The van der Waals surface area contributed by atoms with E-state index in [2.05, 4.69) is 19.1 Å². The van der Waals surface area contributed by atoms with Crippen LogP contribution in [0.25, 0.3) is 0 Å². The van der Waals surface area contributed by atoms with Crippen molar-refractivity contribution in [1.82, 2.24) is 0 Å². The molecular weight excluding hydrogens is 258 g/mol. The number of rotatable bonds is 5. The highest BCUT2D eigenvalue weighted by atomic mass is 32.1. The molecule has 2 N–H and O–H groups in total. The number of ether oxygens (including phenoxy) is 2. The minimum atomic E-state index is -0.226. The number of methoxy groups -OCH3 is 2. The predicted molar refractivity (Wildman–Crippen MR) is 79.3 cm³/mol. The second-order valence-corrected chi connectivity index (χ2v) is 5.41. The lowest BCUT2D eigenvalue weighted by Crippen LogP contribution is -2.13. The fourth-order valence-corrected chi connectivity index (χ4v) is 3.04. The second kappa shape index (κ2) is 6.08. The molecule has 0 fully saturated rings. The van der Waals surface area contributed by atoms with E-state index in [1.807, 2.05) is 18.2 Å². The van der Waals surface area contributed by atoms with Crippen LogP contribution in [0.4, 0.5) is 0 Å². The van der Waals surface area contributed by atoms with Gasteiger partial charge in [0, 0.05) is 9.75 Å². The first-order valence-corrected chi connectivity index (χ1v) is 7.08. The van der Waals surface area contributed by atoms with Crippen LogP contribution in [0, 0.1) is 0 Å². The Hall–Kier alpha value is -1.52. The summed E-state index contributed by atoms with van der Waals surface area (Å²) in [5.41, 5.74) is 7.29. The molecule has 1 heterocycles. The summed E-state index contributed by atoms with van der Waals surface area (Å²) in [7, 11) is 3.30. The Kier molecular flexibility index (Phi) is 4.45. The summed E-state index contributed by atoms with van der Waals surface area (Å²) < 4.78 is 10.8. The first kappa shape index (κ1) is 13.9. The van der Waals surface area contributed by atoms with Crippen molar-refractivity contribution in [2.75, 3.05) is 14.2 Å². The summed E-state index contributed by atoms with van der Waals surface area (Å²) in [6.07, 6.45) is 1.03. The van der Waals surface area contributed by atoms with Gasteiger partial charge in [-0.25, -0.2) is 0 Å². The number of hydrogen-bond donors (Lipinski definition) is 1. The van der Waals surface area contributed by atoms with Gasteiger partial charge in [-0.3, -0.25) is 0 Å². The van der Waals surface area contributed by atoms with E-state index >= 15 is 0 Å². The standard InChI is InChI=1S/C15H19NO2S/c1-4-10-8-9-13(19-10)15(16)14-11(17-2)6-5-7-12(14)18-3/h5-9,15H,4,16H2,1-3H3. The van der Waals surface area contributed by atoms with E-state index in [-0.39, 0.29) is 6.04 Å². The Balaban J connectivity index is 2.44. The van der Waals surface area contributed by atoms with Gasteiger partial charge < -0.3 is 15.2 Å². The summed E-state index contributed by atoms with van der Waals surface area (Å²) in [5.74, 6) is 1.52. The maximum absolute atomic E-state index is 6.39. The Morgan fingerprint density at radius 1 is 1.11 bits per heavy atom. The van der Waals surface area contributed by atoms with Crippen molar-refractivity contribution in [2.45, 2.75) is 19.4 Å². The first-order chi connectivity index (χ1) is 9.21. The smallest absolute Gasteiger partial charge is 0.127 e. The van der Waals surface area contributed by atoms with Crippen molar-refractivity contribution >= 4 is 11.3 Å². The van der Waals surface area contributed by atoms with Crippen LogP contribution in [0.3, 0.4) is 0 Å². The van der Waals surface area contributed by atoms with Crippen molar-refractivity contribution in [1.29, 1.82) is 0 Å². The van der Waals surface area contributed by atoms with Crippen LogP contribution >= 0.6 is 11.3 Å². The lowest BCUT2D eigenvalue weighted by atomic mass is 10.0. The average molecular weight is 277 g/mol. The van der Waals surface area contributed by atoms with Gasteiger partial charge in [0.15, 0.2) is 0 Å². The lowest BCUT2D eigenvalue weighted by molar-refractivity contribution is 0.382. The molecule has 0 amide bonds. The van der Waals surface area contributed by atoms with Crippen molar-refractivity contribution in [3.05, 3.63) is 45.6 Å². The zero-order chi connectivity index (χ0) is 13.8. The van der Waals surface area contributed by atoms with E-state index in [9.17, 15) is 0 Å². The molecule has 0 spiro atoms. The molecule has 1 aromatic carbocycles. The molecule has 0 aliphatic heterocycles. The van der Waals surface area contributed by atoms with Crippen LogP contribution in [0.15, 0.2) is 30.3 Å². The van der Waals surface area contributed by atoms with Gasteiger partial charge in [0.1, 0.15) is 11.5 Å². The van der Waals surface area contributed by atoms with Gasteiger partial charge in [-0.2, -0.15) is 0 Å². The maximum Gasteiger partial charge on any atom is 0.127 e. The highest BCUT2D eigenvalue weighted by Gasteiger charge is 2.20. The van der Waals surface area contributed by atoms with Gasteiger partial charge >= 0.3 is 0 Å². The number of hydrogen-bond acceptors (Lipinski definition) is 4. The van der Waals surface area contributed by atoms with E-state index < -0.39 is 0 Å². The van der Waals surface area contributed by atoms with Gasteiger partial charge in [0.2, 0.25) is 0 Å². The molecule has 0 aliphatic carbocycles. The molecule has 1 unspecified atom stereocenters. The van der Waals surface area contributed by atoms with E-state index in [4.69, 9.17) is 15.2 Å². The van der Waals surface area contributed by atoms with Gasteiger partial charge in [-0.1, -0.05) is 13.0 Å². The highest BCUT2D eigenvalue weighted by Crippen LogP contribution is 2.38. The Labute approximate surface area is 118 Å². The van der Waals surface area contributed by atoms with Crippen LogP contribution < -0.4 is 15.2 Å². The number of benzene rings is 1. The lowest BCUT2D eigenvalue weighted by Gasteiger charge is -2.17. The molecule has 0 saturated heterocycles. The van der Waals surface area contributed by atoms with Crippen LogP contribution in [0.2, 0.25) is 0 Å². The number of nitrogens with two attached hydrogens (primary N) is 1. The molecule has 4 heteroatoms. The molecule has 102 valence electrons. The van der Waals surface area contributed by atoms with E-state index in [1.165, 1.54) is 4.88 Å². The molecule has 0 saturated carbocycles. The third-order valence-electron chi connectivity index (χ3n) is 3.11. The molecule has 0 radical (unpaired) electrons. The first-order valence-electron chi connectivity index (χ1n) is 6.26. The molecule has 3 nitrogen and oxygen atoms in total. The van der Waals surface area contributed by atoms with Crippen LogP contribution in [-0.4, -0.2) is 14.2 Å². The third kappa shape index (κ3) is 2.74. The molecule has 1 aromatic heterocycles. The second-order valence-electron chi connectivity index (χ2n) is 4.21. The number of thiophene rings is 1. The Bertz CT molecular complexity index is 529. The Morgan fingerprint density at radius 3 is 2.21 bits per heavy atom. The minimum absolute atomic E-state index is 0.226. The highest BCUT2D eigenvalue weighted by molar-refractivity contribution is 7.12. The zero-order valence-corrected chi connectivity index (χ0v) is 12.3. The van der Waals surface area contributed by atoms with E-state index in [0.29, 0.717) is 0 Å². The molecular formula is C15H19NO2S. The van der Waals surface area contributed by atoms with Gasteiger partial charge in [0.05, 0.1) is 25.8 Å². The van der Waals surface area contributed by atoms with Crippen LogP contribution in [0.5, 0.6) is 11.5 Å². The Morgan fingerprint density at radius 2 is 1.74 bits per heavy atom. The quantitative estimate of drug-likeness (QED) is 0.911. The summed E-state index contributed by atoms with van der Waals surface area (Å²) >= 11 is 1.74. The topological polar surface area (TPSA) is 44.5 Å². The minimum Gasteiger partial charge on any atom is -0.496 e. The molecule has 2 rings (SSSR count). The molecule has 2 aromatic rings. The van der Waals surface area contributed by atoms with Crippen LogP contribution in [0.1, 0.15) is 28.3 Å². The summed E-state index contributed by atoms with van der Waals surface area (Å²) in [6, 6.07) is 9.70. The van der Waals surface area contributed by atoms with Crippen molar-refractivity contribution in [3.63, 3.8) is 0 Å². The molecule has 19 heavy (non-hydrogen) atoms. The van der Waals surface area contributed by atoms with Crippen molar-refractivity contribution in [2.24, 2.45) is 5.73 Å². The largest absolute Gasteiger partial charge is 0.496 e. The molecule has 1 atom stereocenters. The molecule has 0 aliphatic rings. The van der Waals surface area contributed by atoms with Crippen LogP contribution in [-0.2, 0) is 6.42 Å². The third-order valence-corrected chi connectivity index (χ3v) is 4.43. The summed E-state index contributed by atoms with van der Waals surface area (Å²) in [5, 5.41) is 0. The maximum atomic E-state index is 6.39. The van der Waals surface area contributed by atoms with Gasteiger partial charge in [-0.15, -0.1) is 11.3 Å². The summed E-state index contributed by atoms with van der Waals surface area (Å²) in [4.78, 5) is 2.46. The fourth-order valence-electron chi connectivity index (χ4n) is 2.08. The van der Waals surface area contributed by atoms with Gasteiger partial charge in [-0.05, 0) is 30.7 Å². The SMILES string of the molecule is CCc1ccc(C(N)c2c(OC)cccc2OC)s1. The molecule has 0 bridgehead atoms. The van der Waals surface area contributed by atoms with Gasteiger partial charge in [0.25, 0.3) is 0 Å². The number of aryl methyl sites for hydroxylation is 1. The van der Waals surface area contributed by atoms with Crippen molar-refractivity contribution < 1.29 is 9.47 Å². The average Bonchev–Trinajstić information content (AvgIpc) is 2.94. The monoisotopic (exact) mass is 277 g/mol. The zero-order valence-electron chi connectivity index (χ0n) is 11.5. The predicted octanol–water partition coefficient (Wildman–Crippen LogP) is 3.38. The normalized spacial score (nSPS) is 12.2. The van der Waals surface area contributed by atoms with Crippen molar-refractivity contribution in [3.8, 4) is 11.5 Å².